The smallest absolute Gasteiger partial charge is 0.320 e. The lowest BCUT2D eigenvalue weighted by Crippen LogP contribution is -2.50. The molecule has 4 rings (SSSR count). The summed E-state index contributed by atoms with van der Waals surface area (Å²) in [5, 5.41) is 5.67. The summed E-state index contributed by atoms with van der Waals surface area (Å²) >= 11 is 1.61. The molecule has 0 spiro atoms. The Hall–Kier alpha value is -3.26. The number of carbonyl (C=O) groups is 2. The minimum atomic E-state index is -0.926. The number of aromatic nitrogens is 1. The third kappa shape index (κ3) is 3.54. The molecule has 2 aliphatic rings. The van der Waals surface area contributed by atoms with Gasteiger partial charge >= 0.3 is 6.03 Å². The quantitative estimate of drug-likeness (QED) is 0.699. The van der Waals surface area contributed by atoms with Gasteiger partial charge in [-0.05, 0) is 30.0 Å². The second kappa shape index (κ2) is 7.87. The molecule has 2 N–H and O–H groups in total. The van der Waals surface area contributed by atoms with Crippen molar-refractivity contribution in [2.45, 2.75) is 17.0 Å². The normalized spacial score (nSPS) is 20.5. The van der Waals surface area contributed by atoms with Crippen molar-refractivity contribution in [1.82, 2.24) is 20.5 Å². The fourth-order valence-corrected chi connectivity index (χ4v) is 4.27. The zero-order valence-electron chi connectivity index (χ0n) is 16.8. The number of amides is 3. The minimum absolute atomic E-state index is 0.100. The first kappa shape index (κ1) is 20.0. The first-order chi connectivity index (χ1) is 14.5. The molecule has 0 unspecified atom stereocenters. The molecule has 1 aromatic heterocycles. The van der Waals surface area contributed by atoms with Gasteiger partial charge in [-0.3, -0.25) is 9.78 Å². The number of nitrogens with one attached hydrogen (secondary N) is 2. The highest BCUT2D eigenvalue weighted by atomic mass is 32.2. The van der Waals surface area contributed by atoms with Crippen molar-refractivity contribution in [3.8, 4) is 5.75 Å². The molecule has 7 nitrogen and oxygen atoms in total. The number of pyridine rings is 1. The first-order valence-corrected chi connectivity index (χ1v) is 10.6. The SMILES string of the molecule is C=C1NC(=O)N[C@]1(/C=C/c1cnccc1SC)CN1Cc2ccc(OC)cc2C1=O. The second-order valence-electron chi connectivity index (χ2n) is 7.16. The Labute approximate surface area is 179 Å². The number of ether oxygens (including phenoxy) is 1. The van der Waals surface area contributed by atoms with E-state index in [0.29, 0.717) is 23.6 Å². The van der Waals surface area contributed by atoms with Crippen LogP contribution in [0, 0.1) is 0 Å². The number of hydrogen-bond donors (Lipinski definition) is 2. The number of hydrogen-bond acceptors (Lipinski definition) is 5. The van der Waals surface area contributed by atoms with Crippen LogP contribution in [0.3, 0.4) is 0 Å². The van der Waals surface area contributed by atoms with E-state index < -0.39 is 5.54 Å². The van der Waals surface area contributed by atoms with E-state index >= 15 is 0 Å². The Morgan fingerprint density at radius 3 is 2.90 bits per heavy atom. The molecule has 30 heavy (non-hydrogen) atoms. The van der Waals surface area contributed by atoms with Crippen LogP contribution in [-0.2, 0) is 6.54 Å². The molecule has 1 aromatic carbocycles. The number of nitrogens with zero attached hydrogens (tertiary/aromatic N) is 2. The van der Waals surface area contributed by atoms with Gasteiger partial charge in [0.1, 0.15) is 11.3 Å². The van der Waals surface area contributed by atoms with Crippen molar-refractivity contribution in [3.63, 3.8) is 0 Å². The van der Waals surface area contributed by atoms with E-state index in [-0.39, 0.29) is 18.5 Å². The minimum Gasteiger partial charge on any atom is -0.497 e. The topological polar surface area (TPSA) is 83.6 Å². The predicted octanol–water partition coefficient (Wildman–Crippen LogP) is 3.05. The molecule has 0 bridgehead atoms. The fraction of sp³-hybridized carbons (Fsp3) is 0.227. The number of thioether (sulfide) groups is 1. The summed E-state index contributed by atoms with van der Waals surface area (Å²) < 4.78 is 5.25. The maximum absolute atomic E-state index is 13.0. The van der Waals surface area contributed by atoms with Crippen molar-refractivity contribution in [1.29, 1.82) is 0 Å². The van der Waals surface area contributed by atoms with Gasteiger partial charge in [-0.1, -0.05) is 24.8 Å². The van der Waals surface area contributed by atoms with Crippen molar-refractivity contribution in [3.05, 3.63) is 71.7 Å². The molecular weight excluding hydrogens is 400 g/mol. The molecule has 1 fully saturated rings. The van der Waals surface area contributed by atoms with Crippen LogP contribution in [-0.4, -0.2) is 47.3 Å². The largest absolute Gasteiger partial charge is 0.497 e. The second-order valence-corrected chi connectivity index (χ2v) is 8.01. The lowest BCUT2D eigenvalue weighted by Gasteiger charge is -2.30. The Morgan fingerprint density at radius 1 is 1.37 bits per heavy atom. The predicted molar refractivity (Wildman–Crippen MR) is 116 cm³/mol. The standard InChI is InChI=1S/C22H22N4O3S/c1-14-22(25-21(28)24-14,8-6-15-11-23-9-7-19(15)30-3)13-26-12-16-4-5-17(29-2)10-18(16)20(26)27/h4-11H,1,12-13H2,2-3H3,(H2,24,25,28)/b8-6+/t22-/m1/s1. The molecule has 8 heteroatoms. The molecule has 1 saturated heterocycles. The van der Waals surface area contributed by atoms with E-state index in [1.54, 1.807) is 42.2 Å². The first-order valence-electron chi connectivity index (χ1n) is 9.38. The average molecular weight is 423 g/mol. The molecule has 0 radical (unpaired) electrons. The lowest BCUT2D eigenvalue weighted by atomic mass is 9.95. The third-order valence-electron chi connectivity index (χ3n) is 5.35. The van der Waals surface area contributed by atoms with Crippen LogP contribution in [0.25, 0.3) is 6.08 Å². The van der Waals surface area contributed by atoms with E-state index in [9.17, 15) is 9.59 Å². The van der Waals surface area contributed by atoms with Crippen molar-refractivity contribution in [2.24, 2.45) is 0 Å². The maximum Gasteiger partial charge on any atom is 0.320 e. The Balaban J connectivity index is 1.64. The average Bonchev–Trinajstić information content (AvgIpc) is 3.21. The summed E-state index contributed by atoms with van der Waals surface area (Å²) in [7, 11) is 1.57. The molecule has 3 heterocycles. The van der Waals surface area contributed by atoms with Gasteiger partial charge in [0.05, 0.1) is 13.7 Å². The van der Waals surface area contributed by atoms with Crippen molar-refractivity contribution < 1.29 is 14.3 Å². The summed E-state index contributed by atoms with van der Waals surface area (Å²) in [6.07, 6.45) is 9.29. The van der Waals surface area contributed by atoms with Gasteiger partial charge in [-0.25, -0.2) is 4.79 Å². The van der Waals surface area contributed by atoms with Gasteiger partial charge in [0.25, 0.3) is 5.91 Å². The molecule has 2 aliphatic heterocycles. The van der Waals surface area contributed by atoms with Crippen LogP contribution in [0.2, 0.25) is 0 Å². The van der Waals surface area contributed by atoms with E-state index in [2.05, 4.69) is 22.2 Å². The Morgan fingerprint density at radius 2 is 2.20 bits per heavy atom. The molecular formula is C22H22N4O3S. The van der Waals surface area contributed by atoms with E-state index in [4.69, 9.17) is 4.74 Å². The summed E-state index contributed by atoms with van der Waals surface area (Å²) in [4.78, 5) is 32.1. The molecule has 1 atom stereocenters. The van der Waals surface area contributed by atoms with E-state index in [1.807, 2.05) is 36.6 Å². The molecule has 0 saturated carbocycles. The number of carbonyl (C=O) groups excluding carboxylic acids is 2. The number of rotatable bonds is 6. The number of methoxy groups -OCH3 is 1. The lowest BCUT2D eigenvalue weighted by molar-refractivity contribution is 0.0756. The Bertz CT molecular complexity index is 1070. The van der Waals surface area contributed by atoms with Gasteiger partial charge < -0.3 is 20.3 Å². The molecule has 2 aromatic rings. The van der Waals surface area contributed by atoms with Crippen LogP contribution < -0.4 is 15.4 Å². The summed E-state index contributed by atoms with van der Waals surface area (Å²) in [6, 6.07) is 7.09. The maximum atomic E-state index is 13.0. The van der Waals surface area contributed by atoms with Gasteiger partial charge in [-0.2, -0.15) is 0 Å². The van der Waals surface area contributed by atoms with Gasteiger partial charge in [0.15, 0.2) is 0 Å². The summed E-state index contributed by atoms with van der Waals surface area (Å²) in [6.45, 7) is 4.75. The van der Waals surface area contributed by atoms with Crippen LogP contribution in [0.4, 0.5) is 4.79 Å². The Kier molecular flexibility index (Phi) is 5.26. The number of fused-ring (bicyclic) bond motifs is 1. The summed E-state index contributed by atoms with van der Waals surface area (Å²) in [5.41, 5.74) is 2.05. The van der Waals surface area contributed by atoms with Crippen LogP contribution in [0.5, 0.6) is 5.75 Å². The monoisotopic (exact) mass is 422 g/mol. The zero-order chi connectivity index (χ0) is 21.3. The summed E-state index contributed by atoms with van der Waals surface area (Å²) in [5.74, 6) is 0.539. The molecule has 154 valence electrons. The fourth-order valence-electron chi connectivity index (χ4n) is 3.72. The van der Waals surface area contributed by atoms with Gasteiger partial charge in [0.2, 0.25) is 0 Å². The zero-order valence-corrected chi connectivity index (χ0v) is 17.6. The highest BCUT2D eigenvalue weighted by molar-refractivity contribution is 7.98. The van der Waals surface area contributed by atoms with E-state index in [0.717, 1.165) is 16.0 Å². The van der Waals surface area contributed by atoms with Crippen LogP contribution in [0.1, 0.15) is 21.5 Å². The van der Waals surface area contributed by atoms with Crippen molar-refractivity contribution >= 4 is 29.8 Å². The highest BCUT2D eigenvalue weighted by Gasteiger charge is 2.43. The van der Waals surface area contributed by atoms with Crippen LogP contribution >= 0.6 is 11.8 Å². The third-order valence-corrected chi connectivity index (χ3v) is 6.16. The van der Waals surface area contributed by atoms with Crippen LogP contribution in [0.15, 0.2) is 59.9 Å². The van der Waals surface area contributed by atoms with E-state index in [1.165, 1.54) is 0 Å². The van der Waals surface area contributed by atoms with Gasteiger partial charge in [-0.15, -0.1) is 11.8 Å². The number of benzene rings is 1. The molecule has 0 aliphatic carbocycles. The van der Waals surface area contributed by atoms with Crippen molar-refractivity contribution in [2.75, 3.05) is 19.9 Å². The highest BCUT2D eigenvalue weighted by Crippen LogP contribution is 2.31. The van der Waals surface area contributed by atoms with Gasteiger partial charge in [0, 0.05) is 40.7 Å². The number of urea groups is 1. The molecule has 3 amide bonds.